The standard InChI is InChI=1S/C10H13NO3.C9H19NO/c1-10(14,9(12)13)7-11-8-5-3-2-4-6-8;1-3-5-7-10(9-11)8-6-4-2/h2-6,11,14H,7H2,1H3,(H,12,13);9H,3-8H2,1-2H3. The molecule has 6 heteroatoms. The second-order valence-electron chi connectivity index (χ2n) is 6.15. The average molecular weight is 352 g/mol. The fourth-order valence-corrected chi connectivity index (χ4v) is 1.85. The zero-order valence-electron chi connectivity index (χ0n) is 15.6. The predicted molar refractivity (Wildman–Crippen MR) is 101 cm³/mol. The Morgan fingerprint density at radius 1 is 1.16 bits per heavy atom. The highest BCUT2D eigenvalue weighted by Gasteiger charge is 2.29. The molecule has 25 heavy (non-hydrogen) atoms. The van der Waals surface area contributed by atoms with Crippen LogP contribution in [0, 0.1) is 0 Å². The number of para-hydroxylation sites is 1. The molecule has 6 nitrogen and oxygen atoms in total. The van der Waals surface area contributed by atoms with E-state index in [2.05, 4.69) is 19.2 Å². The van der Waals surface area contributed by atoms with Crippen molar-refractivity contribution >= 4 is 18.1 Å². The fourth-order valence-electron chi connectivity index (χ4n) is 1.85. The molecule has 0 aliphatic rings. The van der Waals surface area contributed by atoms with Gasteiger partial charge in [0.05, 0.1) is 6.54 Å². The van der Waals surface area contributed by atoms with Crippen LogP contribution in [-0.2, 0) is 9.59 Å². The first-order chi connectivity index (χ1) is 11.9. The first kappa shape index (κ1) is 22.9. The van der Waals surface area contributed by atoms with Gasteiger partial charge in [0.2, 0.25) is 6.41 Å². The molecule has 0 bridgehead atoms. The number of hydrogen-bond acceptors (Lipinski definition) is 4. The van der Waals surface area contributed by atoms with Crippen molar-refractivity contribution in [1.82, 2.24) is 4.90 Å². The molecule has 0 radical (unpaired) electrons. The summed E-state index contributed by atoms with van der Waals surface area (Å²) in [6.45, 7) is 7.38. The van der Waals surface area contributed by atoms with Gasteiger partial charge in [-0.05, 0) is 31.9 Å². The van der Waals surface area contributed by atoms with Crippen molar-refractivity contribution in [3.8, 4) is 0 Å². The van der Waals surface area contributed by atoms with E-state index in [0.717, 1.165) is 50.9 Å². The number of hydrogen-bond donors (Lipinski definition) is 3. The number of benzene rings is 1. The van der Waals surface area contributed by atoms with E-state index < -0.39 is 11.6 Å². The van der Waals surface area contributed by atoms with Crippen LogP contribution in [-0.4, -0.2) is 52.7 Å². The molecule has 1 unspecified atom stereocenters. The largest absolute Gasteiger partial charge is 0.479 e. The molecule has 0 saturated carbocycles. The van der Waals surface area contributed by atoms with Crippen molar-refractivity contribution in [2.75, 3.05) is 25.0 Å². The van der Waals surface area contributed by atoms with E-state index in [4.69, 9.17) is 5.11 Å². The molecule has 142 valence electrons. The lowest BCUT2D eigenvalue weighted by atomic mass is 10.1. The van der Waals surface area contributed by atoms with Crippen molar-refractivity contribution in [1.29, 1.82) is 0 Å². The lowest BCUT2D eigenvalue weighted by molar-refractivity contribution is -0.155. The Bertz CT molecular complexity index is 470. The summed E-state index contributed by atoms with van der Waals surface area (Å²) < 4.78 is 0. The maximum Gasteiger partial charge on any atom is 0.337 e. The van der Waals surface area contributed by atoms with Crippen molar-refractivity contribution in [3.63, 3.8) is 0 Å². The van der Waals surface area contributed by atoms with E-state index in [0.29, 0.717) is 0 Å². The minimum atomic E-state index is -1.74. The molecule has 0 fully saturated rings. The van der Waals surface area contributed by atoms with Gasteiger partial charge in [-0.25, -0.2) is 4.79 Å². The summed E-state index contributed by atoms with van der Waals surface area (Å²) in [5.74, 6) is -1.24. The van der Waals surface area contributed by atoms with Crippen LogP contribution in [0.4, 0.5) is 5.69 Å². The summed E-state index contributed by atoms with van der Waals surface area (Å²) in [5, 5.41) is 20.9. The van der Waals surface area contributed by atoms with Crippen molar-refractivity contribution < 1.29 is 19.8 Å². The van der Waals surface area contributed by atoms with Gasteiger partial charge in [0.1, 0.15) is 0 Å². The third-order valence-electron chi connectivity index (χ3n) is 3.62. The highest BCUT2D eigenvalue weighted by molar-refractivity contribution is 5.77. The summed E-state index contributed by atoms with van der Waals surface area (Å²) in [6, 6.07) is 9.13. The number of aliphatic hydroxyl groups is 1. The van der Waals surface area contributed by atoms with E-state index in [1.54, 1.807) is 12.1 Å². The van der Waals surface area contributed by atoms with Gasteiger partial charge in [-0.2, -0.15) is 0 Å². The molecule has 1 aromatic rings. The van der Waals surface area contributed by atoms with Gasteiger partial charge < -0.3 is 20.4 Å². The molecule has 1 amide bonds. The molecule has 0 spiro atoms. The zero-order chi connectivity index (χ0) is 19.1. The molecule has 0 heterocycles. The number of carboxylic acid groups (broad SMARTS) is 1. The van der Waals surface area contributed by atoms with E-state index >= 15 is 0 Å². The zero-order valence-corrected chi connectivity index (χ0v) is 15.6. The first-order valence-corrected chi connectivity index (χ1v) is 8.81. The summed E-state index contributed by atoms with van der Waals surface area (Å²) in [7, 11) is 0. The molecular formula is C19H32N2O4. The third-order valence-corrected chi connectivity index (χ3v) is 3.62. The van der Waals surface area contributed by atoms with Crippen LogP contribution in [0.1, 0.15) is 46.5 Å². The Kier molecular flexibility index (Phi) is 12.1. The number of aliphatic carboxylic acids is 1. The van der Waals surface area contributed by atoms with Crippen LogP contribution in [0.5, 0.6) is 0 Å². The van der Waals surface area contributed by atoms with Crippen LogP contribution in [0.2, 0.25) is 0 Å². The van der Waals surface area contributed by atoms with Gasteiger partial charge in [-0.3, -0.25) is 4.79 Å². The van der Waals surface area contributed by atoms with Crippen LogP contribution >= 0.6 is 0 Å². The van der Waals surface area contributed by atoms with Crippen molar-refractivity contribution in [2.45, 2.75) is 52.1 Å². The van der Waals surface area contributed by atoms with Gasteiger partial charge in [-0.1, -0.05) is 44.9 Å². The van der Waals surface area contributed by atoms with Gasteiger partial charge in [0.15, 0.2) is 5.60 Å². The number of carboxylic acids is 1. The monoisotopic (exact) mass is 352 g/mol. The van der Waals surface area contributed by atoms with E-state index in [9.17, 15) is 14.7 Å². The highest BCUT2D eigenvalue weighted by Crippen LogP contribution is 2.09. The molecule has 1 aromatic carbocycles. The quantitative estimate of drug-likeness (QED) is 0.533. The Hall–Kier alpha value is -2.08. The molecule has 0 saturated heterocycles. The Balaban J connectivity index is 0.000000477. The normalized spacial score (nSPS) is 12.3. The summed E-state index contributed by atoms with van der Waals surface area (Å²) in [5.41, 5.74) is -0.954. The topological polar surface area (TPSA) is 89.9 Å². The molecule has 1 rings (SSSR count). The Morgan fingerprint density at radius 3 is 2.08 bits per heavy atom. The molecular weight excluding hydrogens is 320 g/mol. The van der Waals surface area contributed by atoms with Crippen LogP contribution in [0.15, 0.2) is 30.3 Å². The van der Waals surface area contributed by atoms with Crippen LogP contribution in [0.25, 0.3) is 0 Å². The maximum absolute atomic E-state index is 10.6. The van der Waals surface area contributed by atoms with E-state index in [1.807, 2.05) is 23.1 Å². The number of carbonyl (C=O) groups is 2. The Morgan fingerprint density at radius 2 is 1.68 bits per heavy atom. The minimum absolute atomic E-state index is 0.0215. The second kappa shape index (κ2) is 13.2. The first-order valence-electron chi connectivity index (χ1n) is 8.81. The second-order valence-corrected chi connectivity index (χ2v) is 6.15. The number of carbonyl (C=O) groups excluding carboxylic acids is 1. The number of anilines is 1. The van der Waals surface area contributed by atoms with Crippen LogP contribution < -0.4 is 5.32 Å². The molecule has 0 aromatic heterocycles. The minimum Gasteiger partial charge on any atom is -0.479 e. The molecule has 0 aliphatic carbocycles. The number of rotatable bonds is 11. The SMILES string of the molecule is CC(O)(CNc1ccccc1)C(=O)O.CCCCN(C=O)CCCC. The van der Waals surface area contributed by atoms with Gasteiger partial charge >= 0.3 is 5.97 Å². The summed E-state index contributed by atoms with van der Waals surface area (Å²) in [4.78, 5) is 22.9. The third kappa shape index (κ3) is 11.2. The lowest BCUT2D eigenvalue weighted by Crippen LogP contribution is -2.41. The van der Waals surface area contributed by atoms with Crippen molar-refractivity contribution in [2.24, 2.45) is 0 Å². The number of nitrogens with one attached hydrogen (secondary N) is 1. The molecule has 3 N–H and O–H groups in total. The highest BCUT2D eigenvalue weighted by atomic mass is 16.4. The Labute approximate surface area is 150 Å². The van der Waals surface area contributed by atoms with Gasteiger partial charge in [0, 0.05) is 18.8 Å². The number of amides is 1. The summed E-state index contributed by atoms with van der Waals surface area (Å²) >= 11 is 0. The van der Waals surface area contributed by atoms with Crippen molar-refractivity contribution in [3.05, 3.63) is 30.3 Å². The van der Waals surface area contributed by atoms with Gasteiger partial charge in [-0.15, -0.1) is 0 Å². The van der Waals surface area contributed by atoms with Crippen LogP contribution in [0.3, 0.4) is 0 Å². The number of nitrogens with zero attached hydrogens (tertiary/aromatic N) is 1. The van der Waals surface area contributed by atoms with E-state index in [-0.39, 0.29) is 6.54 Å². The average Bonchev–Trinajstić information content (AvgIpc) is 2.61. The van der Waals surface area contributed by atoms with E-state index in [1.165, 1.54) is 6.92 Å². The molecule has 0 aliphatic heterocycles. The summed E-state index contributed by atoms with van der Waals surface area (Å²) in [6.07, 6.45) is 5.54. The van der Waals surface area contributed by atoms with Gasteiger partial charge in [0.25, 0.3) is 0 Å². The smallest absolute Gasteiger partial charge is 0.337 e. The molecule has 1 atom stereocenters. The number of unbranched alkanes of at least 4 members (excludes halogenated alkanes) is 2. The fraction of sp³-hybridized carbons (Fsp3) is 0.579. The lowest BCUT2D eigenvalue weighted by Gasteiger charge is -2.18. The maximum atomic E-state index is 10.6. The predicted octanol–water partition coefficient (Wildman–Crippen LogP) is 2.98.